The fourth-order valence-electron chi connectivity index (χ4n) is 1.75. The molecule has 0 amide bonds. The summed E-state index contributed by atoms with van der Waals surface area (Å²) in [5, 5.41) is 3.10. The molecule has 0 spiro atoms. The zero-order valence-electron chi connectivity index (χ0n) is 10.4. The molecule has 2 heterocycles. The summed E-state index contributed by atoms with van der Waals surface area (Å²) in [6, 6.07) is 3.95. The molecule has 88 valence electrons. The van der Waals surface area contributed by atoms with E-state index < -0.39 is 0 Å². The van der Waals surface area contributed by atoms with Crippen molar-refractivity contribution < 1.29 is 0 Å². The quantitative estimate of drug-likeness (QED) is 0.871. The number of pyridine rings is 1. The molecule has 0 radical (unpaired) electrons. The Labute approximate surface area is 101 Å². The molecule has 0 aromatic carbocycles. The Morgan fingerprint density at radius 3 is 2.76 bits per heavy atom. The van der Waals surface area contributed by atoms with Crippen molar-refractivity contribution in [3.63, 3.8) is 0 Å². The van der Waals surface area contributed by atoms with Crippen LogP contribution in [0, 0.1) is 13.8 Å². The van der Waals surface area contributed by atoms with Crippen LogP contribution in [0.25, 0.3) is 11.4 Å². The Kier molecular flexibility index (Phi) is 3.44. The summed E-state index contributed by atoms with van der Waals surface area (Å²) >= 11 is 0. The molecule has 0 fully saturated rings. The molecule has 0 saturated heterocycles. The zero-order chi connectivity index (χ0) is 12.3. The highest BCUT2D eigenvalue weighted by Crippen LogP contribution is 2.18. The molecule has 4 heteroatoms. The minimum absolute atomic E-state index is 0.750. The summed E-state index contributed by atoms with van der Waals surface area (Å²) < 4.78 is 0. The third-order valence-electron chi connectivity index (χ3n) is 2.53. The van der Waals surface area contributed by atoms with Crippen LogP contribution < -0.4 is 5.32 Å². The SMILES string of the molecule is CNCc1cc(C)nc(-c2ccncc2C)n1. The first-order valence-corrected chi connectivity index (χ1v) is 5.61. The third-order valence-corrected chi connectivity index (χ3v) is 2.53. The van der Waals surface area contributed by atoms with Gasteiger partial charge in [0.25, 0.3) is 0 Å². The number of aromatic nitrogens is 3. The summed E-state index contributed by atoms with van der Waals surface area (Å²) in [7, 11) is 1.91. The summed E-state index contributed by atoms with van der Waals surface area (Å²) in [6.07, 6.45) is 3.60. The van der Waals surface area contributed by atoms with E-state index in [1.807, 2.05) is 39.2 Å². The highest BCUT2D eigenvalue weighted by atomic mass is 14.9. The van der Waals surface area contributed by atoms with Gasteiger partial charge < -0.3 is 5.32 Å². The van der Waals surface area contributed by atoms with Crippen LogP contribution in [0.3, 0.4) is 0 Å². The van der Waals surface area contributed by atoms with Crippen molar-refractivity contribution in [3.05, 3.63) is 41.5 Å². The van der Waals surface area contributed by atoms with Gasteiger partial charge in [-0.15, -0.1) is 0 Å². The van der Waals surface area contributed by atoms with E-state index in [0.717, 1.165) is 34.9 Å². The fraction of sp³-hybridized carbons (Fsp3) is 0.308. The first kappa shape index (κ1) is 11.7. The van der Waals surface area contributed by atoms with Crippen molar-refractivity contribution in [2.24, 2.45) is 0 Å². The molecular weight excluding hydrogens is 212 g/mol. The van der Waals surface area contributed by atoms with Crippen LogP contribution in [-0.2, 0) is 6.54 Å². The minimum atomic E-state index is 0.750. The van der Waals surface area contributed by atoms with E-state index in [-0.39, 0.29) is 0 Å². The van der Waals surface area contributed by atoms with Crippen molar-refractivity contribution in [1.82, 2.24) is 20.3 Å². The maximum atomic E-state index is 4.55. The van der Waals surface area contributed by atoms with Gasteiger partial charge in [-0.2, -0.15) is 0 Å². The molecule has 2 rings (SSSR count). The second-order valence-corrected chi connectivity index (χ2v) is 4.05. The molecule has 0 bridgehead atoms. The van der Waals surface area contributed by atoms with Gasteiger partial charge in [-0.05, 0) is 38.6 Å². The van der Waals surface area contributed by atoms with Crippen LogP contribution in [-0.4, -0.2) is 22.0 Å². The summed E-state index contributed by atoms with van der Waals surface area (Å²) in [4.78, 5) is 13.1. The standard InChI is InChI=1S/C13H16N4/c1-9-7-15-5-4-12(9)13-16-10(2)6-11(17-13)8-14-3/h4-7,14H,8H2,1-3H3. The van der Waals surface area contributed by atoms with E-state index in [4.69, 9.17) is 0 Å². The van der Waals surface area contributed by atoms with E-state index in [1.54, 1.807) is 6.20 Å². The van der Waals surface area contributed by atoms with Gasteiger partial charge in [0.05, 0.1) is 5.69 Å². The van der Waals surface area contributed by atoms with Crippen LogP contribution in [0.1, 0.15) is 17.0 Å². The van der Waals surface area contributed by atoms with Crippen LogP contribution in [0.2, 0.25) is 0 Å². The number of nitrogens with one attached hydrogen (secondary N) is 1. The lowest BCUT2D eigenvalue weighted by atomic mass is 10.1. The molecule has 0 aliphatic heterocycles. The number of aryl methyl sites for hydroxylation is 2. The minimum Gasteiger partial charge on any atom is -0.314 e. The molecule has 2 aromatic heterocycles. The second kappa shape index (κ2) is 5.01. The highest BCUT2D eigenvalue weighted by Gasteiger charge is 2.07. The molecule has 0 aliphatic carbocycles. The van der Waals surface area contributed by atoms with E-state index in [9.17, 15) is 0 Å². The number of hydrogen-bond acceptors (Lipinski definition) is 4. The lowest BCUT2D eigenvalue weighted by Crippen LogP contribution is -2.09. The van der Waals surface area contributed by atoms with Crippen molar-refractivity contribution >= 4 is 0 Å². The Bertz CT molecular complexity index is 523. The maximum absolute atomic E-state index is 4.55. The fourth-order valence-corrected chi connectivity index (χ4v) is 1.75. The van der Waals surface area contributed by atoms with Gasteiger partial charge in [-0.1, -0.05) is 0 Å². The average molecular weight is 228 g/mol. The van der Waals surface area contributed by atoms with Crippen LogP contribution in [0.4, 0.5) is 0 Å². The van der Waals surface area contributed by atoms with Crippen LogP contribution >= 0.6 is 0 Å². The predicted molar refractivity (Wildman–Crippen MR) is 67.5 cm³/mol. The van der Waals surface area contributed by atoms with E-state index in [0.29, 0.717) is 0 Å². The summed E-state index contributed by atoms with van der Waals surface area (Å²) in [5.41, 5.74) is 4.12. The van der Waals surface area contributed by atoms with Gasteiger partial charge in [0, 0.05) is 30.2 Å². The van der Waals surface area contributed by atoms with Gasteiger partial charge in [0.15, 0.2) is 5.82 Å². The first-order valence-electron chi connectivity index (χ1n) is 5.61. The second-order valence-electron chi connectivity index (χ2n) is 4.05. The predicted octanol–water partition coefficient (Wildman–Crippen LogP) is 1.87. The Morgan fingerprint density at radius 1 is 1.24 bits per heavy atom. The molecule has 1 N–H and O–H groups in total. The molecule has 0 aliphatic rings. The molecular formula is C13H16N4. The first-order chi connectivity index (χ1) is 8.20. The van der Waals surface area contributed by atoms with Gasteiger partial charge >= 0.3 is 0 Å². The van der Waals surface area contributed by atoms with E-state index in [2.05, 4.69) is 20.3 Å². The normalized spacial score (nSPS) is 10.5. The topological polar surface area (TPSA) is 50.7 Å². The van der Waals surface area contributed by atoms with Gasteiger partial charge in [0.1, 0.15) is 0 Å². The van der Waals surface area contributed by atoms with Crippen LogP contribution in [0.15, 0.2) is 24.5 Å². The monoisotopic (exact) mass is 228 g/mol. The Morgan fingerprint density at radius 2 is 2.06 bits per heavy atom. The molecule has 17 heavy (non-hydrogen) atoms. The maximum Gasteiger partial charge on any atom is 0.160 e. The smallest absolute Gasteiger partial charge is 0.160 e. The van der Waals surface area contributed by atoms with Crippen molar-refractivity contribution in [1.29, 1.82) is 0 Å². The van der Waals surface area contributed by atoms with E-state index in [1.165, 1.54) is 0 Å². The zero-order valence-corrected chi connectivity index (χ0v) is 10.4. The van der Waals surface area contributed by atoms with Crippen molar-refractivity contribution in [3.8, 4) is 11.4 Å². The Hall–Kier alpha value is -1.81. The summed E-state index contributed by atoms with van der Waals surface area (Å²) in [6.45, 7) is 4.76. The number of nitrogens with zero attached hydrogens (tertiary/aromatic N) is 3. The van der Waals surface area contributed by atoms with Crippen molar-refractivity contribution in [2.75, 3.05) is 7.05 Å². The molecule has 4 nitrogen and oxygen atoms in total. The molecule has 0 unspecified atom stereocenters. The average Bonchev–Trinajstić information content (AvgIpc) is 2.29. The van der Waals surface area contributed by atoms with Gasteiger partial charge in [-0.25, -0.2) is 9.97 Å². The molecule has 0 atom stereocenters. The van der Waals surface area contributed by atoms with Crippen molar-refractivity contribution in [2.45, 2.75) is 20.4 Å². The van der Waals surface area contributed by atoms with Gasteiger partial charge in [0.2, 0.25) is 0 Å². The highest BCUT2D eigenvalue weighted by molar-refractivity contribution is 5.58. The number of hydrogen-bond donors (Lipinski definition) is 1. The number of rotatable bonds is 3. The summed E-state index contributed by atoms with van der Waals surface area (Å²) in [5.74, 6) is 0.773. The van der Waals surface area contributed by atoms with E-state index >= 15 is 0 Å². The lowest BCUT2D eigenvalue weighted by Gasteiger charge is -2.07. The Balaban J connectivity index is 2.48. The van der Waals surface area contributed by atoms with Crippen LogP contribution in [0.5, 0.6) is 0 Å². The lowest BCUT2D eigenvalue weighted by molar-refractivity contribution is 0.785. The molecule has 2 aromatic rings. The largest absolute Gasteiger partial charge is 0.314 e. The third kappa shape index (κ3) is 2.65. The van der Waals surface area contributed by atoms with Gasteiger partial charge in [-0.3, -0.25) is 4.98 Å². The molecule has 0 saturated carbocycles.